The molecule has 12 nitrogen and oxygen atoms in total. The number of ketones is 1. The molecule has 19 atom stereocenters. The highest BCUT2D eigenvalue weighted by atomic mass is 32.2. The summed E-state index contributed by atoms with van der Waals surface area (Å²) in [5.41, 5.74) is 2.20. The van der Waals surface area contributed by atoms with Crippen molar-refractivity contribution in [3.8, 4) is 5.75 Å². The van der Waals surface area contributed by atoms with E-state index in [2.05, 4.69) is 20.1 Å². The second-order valence-corrected chi connectivity index (χ2v) is 20.3. The predicted molar refractivity (Wildman–Crippen MR) is 221 cm³/mol. The van der Waals surface area contributed by atoms with Crippen LogP contribution < -0.4 is 4.74 Å². The van der Waals surface area contributed by atoms with E-state index in [0.717, 1.165) is 66.7 Å². The van der Waals surface area contributed by atoms with Crippen molar-refractivity contribution in [2.45, 2.75) is 199 Å². The second-order valence-electron chi connectivity index (χ2n) is 19.2. The third-order valence-electron chi connectivity index (χ3n) is 15.2. The van der Waals surface area contributed by atoms with E-state index in [9.17, 15) is 9.90 Å². The normalized spacial score (nSPS) is 46.9. The zero-order valence-corrected chi connectivity index (χ0v) is 36.2. The Bertz CT molecular complexity index is 1740. The number of carbonyl (C=O) groups is 1. The molecule has 10 saturated heterocycles. The fourth-order valence-corrected chi connectivity index (χ4v) is 13.0. The van der Waals surface area contributed by atoms with E-state index in [1.807, 2.05) is 24.3 Å². The van der Waals surface area contributed by atoms with E-state index >= 15 is 0 Å². The van der Waals surface area contributed by atoms with Crippen LogP contribution in [0.2, 0.25) is 0 Å². The Hall–Kier alpha value is -1.88. The summed E-state index contributed by atoms with van der Waals surface area (Å²) in [4.78, 5) is 15.4. The summed E-state index contributed by atoms with van der Waals surface area (Å²) in [5, 5.41) is 11.4. The molecule has 10 aliphatic heterocycles. The van der Waals surface area contributed by atoms with Gasteiger partial charge in [-0.1, -0.05) is 20.1 Å². The number of aliphatic hydroxyl groups excluding tert-OH is 1. The SMILES string of the molecule is C=C1C[C@@H]2CC[C@@]34C[C@@H]5O[C@@H]6C(O[C@H]7CC[C@H](CC(=O)C[C@@H]8[C@@H](OC)[C@@H](C[C@H](O)CSc9ccc(OC)cc9)O[C@H]8C[C@H]8O[C@@H](CC[C@@H]1O2)C[C@@H](C)C8=C)O[C@@H]7[C@@H]6O3)[C@H]5O4. The van der Waals surface area contributed by atoms with Gasteiger partial charge in [0.1, 0.15) is 42.1 Å². The standard InChI is InChI=1S/C47H64O12S/c1-24-16-30-8-12-35-25(2)17-32(52-35)14-15-47-22-40-43(58-47)44-45(57-40)46(59-47)42-36(56-44)13-9-31(54-42)18-27(48)19-34-38(21-37(53-30)26(24)3)55-39(41(34)51-5)20-28(49)23-60-33-10-6-29(50-4)7-11-33/h6-7,10-11,24,28,30-32,34-46,49H,2-3,8-9,12-23H2,1,4-5H3/t24-,28+,30+,31-,32+,34+,35+,36+,37-,38+,39-,40+,41-,42+,43+,44?,45-,46+,47+/m1/s1. The van der Waals surface area contributed by atoms with Crippen LogP contribution in [0.5, 0.6) is 5.75 Å². The molecule has 330 valence electrons. The largest absolute Gasteiger partial charge is 0.497 e. The molecule has 1 unspecified atom stereocenters. The highest BCUT2D eigenvalue weighted by molar-refractivity contribution is 7.99. The maximum absolute atomic E-state index is 14.3. The van der Waals surface area contributed by atoms with Gasteiger partial charge in [-0.25, -0.2) is 0 Å². The first-order valence-electron chi connectivity index (χ1n) is 22.7. The average Bonchev–Trinajstić information content (AvgIpc) is 3.92. The maximum atomic E-state index is 14.3. The summed E-state index contributed by atoms with van der Waals surface area (Å²) in [6.07, 6.45) is 4.80. The quantitative estimate of drug-likeness (QED) is 0.244. The van der Waals surface area contributed by atoms with Crippen LogP contribution in [0.15, 0.2) is 53.5 Å². The number of methoxy groups -OCH3 is 2. The molecule has 0 saturated carbocycles. The summed E-state index contributed by atoms with van der Waals surface area (Å²) < 4.78 is 66.1. The van der Waals surface area contributed by atoms with Crippen LogP contribution in [-0.2, 0) is 47.4 Å². The van der Waals surface area contributed by atoms with Gasteiger partial charge in [0, 0.05) is 62.2 Å². The molecule has 13 heteroatoms. The third-order valence-corrected chi connectivity index (χ3v) is 16.4. The Balaban J connectivity index is 0.892. The average molecular weight is 853 g/mol. The van der Waals surface area contributed by atoms with Crippen LogP contribution in [0.4, 0.5) is 0 Å². The van der Waals surface area contributed by atoms with E-state index in [0.29, 0.717) is 31.4 Å². The number of aliphatic hydroxyl groups is 1. The van der Waals surface area contributed by atoms with Gasteiger partial charge in [0.25, 0.3) is 0 Å². The molecule has 11 rings (SSSR count). The topological polar surface area (TPSA) is 130 Å². The van der Waals surface area contributed by atoms with Crippen molar-refractivity contribution in [3.63, 3.8) is 0 Å². The van der Waals surface area contributed by atoms with E-state index in [1.54, 1.807) is 26.0 Å². The molecule has 0 radical (unpaired) electrons. The minimum atomic E-state index is -0.789. The zero-order valence-electron chi connectivity index (χ0n) is 35.4. The van der Waals surface area contributed by atoms with Gasteiger partial charge in [0.2, 0.25) is 0 Å². The van der Waals surface area contributed by atoms with Crippen molar-refractivity contribution in [2.75, 3.05) is 20.0 Å². The summed E-state index contributed by atoms with van der Waals surface area (Å²) >= 11 is 1.59. The number of thioether (sulfide) groups is 1. The zero-order chi connectivity index (χ0) is 41.3. The minimum Gasteiger partial charge on any atom is -0.497 e. The number of rotatable bonds is 7. The van der Waals surface area contributed by atoms with E-state index in [4.69, 9.17) is 47.4 Å². The number of carbonyl (C=O) groups excluding carboxylic acids is 1. The smallest absolute Gasteiger partial charge is 0.172 e. The van der Waals surface area contributed by atoms with Gasteiger partial charge < -0.3 is 52.5 Å². The highest BCUT2D eigenvalue weighted by Crippen LogP contribution is 2.54. The lowest BCUT2D eigenvalue weighted by Crippen LogP contribution is -2.61. The van der Waals surface area contributed by atoms with E-state index in [1.165, 1.54) is 0 Å². The van der Waals surface area contributed by atoms with Gasteiger partial charge >= 0.3 is 0 Å². The Morgan fingerprint density at radius 1 is 0.783 bits per heavy atom. The van der Waals surface area contributed by atoms with Gasteiger partial charge in [-0.15, -0.1) is 11.8 Å². The molecule has 1 N–H and O–H groups in total. The van der Waals surface area contributed by atoms with Crippen molar-refractivity contribution in [1.82, 2.24) is 0 Å². The van der Waals surface area contributed by atoms with Gasteiger partial charge in [-0.3, -0.25) is 4.79 Å². The molecule has 10 heterocycles. The summed E-state index contributed by atoms with van der Waals surface area (Å²) in [7, 11) is 3.34. The Morgan fingerprint density at radius 3 is 2.35 bits per heavy atom. The molecule has 0 amide bonds. The van der Waals surface area contributed by atoms with Crippen LogP contribution >= 0.6 is 11.8 Å². The Labute approximate surface area is 358 Å². The molecule has 12 bridgehead atoms. The van der Waals surface area contributed by atoms with Crippen LogP contribution in [-0.4, -0.2) is 134 Å². The molecule has 60 heavy (non-hydrogen) atoms. The fourth-order valence-electron chi connectivity index (χ4n) is 12.1. The molecule has 1 aromatic carbocycles. The predicted octanol–water partition coefficient (Wildman–Crippen LogP) is 6.28. The highest BCUT2D eigenvalue weighted by Gasteiger charge is 2.68. The first-order valence-corrected chi connectivity index (χ1v) is 23.7. The lowest BCUT2D eigenvalue weighted by Gasteiger charge is -2.47. The second kappa shape index (κ2) is 17.3. The van der Waals surface area contributed by atoms with Gasteiger partial charge in [0.15, 0.2) is 5.79 Å². The van der Waals surface area contributed by atoms with Crippen molar-refractivity contribution < 1.29 is 57.3 Å². The summed E-state index contributed by atoms with van der Waals surface area (Å²) in [6.45, 7) is 11.2. The number of ether oxygens (including phenoxy) is 10. The van der Waals surface area contributed by atoms with Crippen molar-refractivity contribution in [2.24, 2.45) is 11.8 Å². The number of Topliss-reactive ketones (excluding diaryl/α,β-unsaturated/α-hetero) is 1. The first-order chi connectivity index (χ1) is 29.0. The van der Waals surface area contributed by atoms with Gasteiger partial charge in [-0.2, -0.15) is 0 Å². The third kappa shape index (κ3) is 8.21. The fraction of sp³-hybridized carbons (Fsp3) is 0.766. The van der Waals surface area contributed by atoms with E-state index in [-0.39, 0.29) is 116 Å². The molecule has 1 spiro atoms. The summed E-state index contributed by atoms with van der Waals surface area (Å²) in [5.74, 6) is 0.639. The Morgan fingerprint density at radius 2 is 1.53 bits per heavy atom. The number of hydrogen-bond donors (Lipinski definition) is 1. The van der Waals surface area contributed by atoms with Gasteiger partial charge in [-0.05, 0) is 86.3 Å². The molecule has 10 fully saturated rings. The van der Waals surface area contributed by atoms with Crippen molar-refractivity contribution in [1.29, 1.82) is 0 Å². The Kier molecular flexibility index (Phi) is 12.1. The molecule has 10 aliphatic rings. The molecule has 1 aromatic rings. The number of benzene rings is 1. The molecule has 0 aromatic heterocycles. The maximum Gasteiger partial charge on any atom is 0.172 e. The van der Waals surface area contributed by atoms with Crippen LogP contribution in [0, 0.1) is 11.8 Å². The molecular formula is C47H64O12S. The minimum absolute atomic E-state index is 0.0247. The number of hydrogen-bond acceptors (Lipinski definition) is 13. The van der Waals surface area contributed by atoms with Gasteiger partial charge in [0.05, 0.1) is 74.3 Å². The monoisotopic (exact) mass is 852 g/mol. The lowest BCUT2D eigenvalue weighted by molar-refractivity contribution is -0.292. The molecule has 0 aliphatic carbocycles. The summed E-state index contributed by atoms with van der Waals surface area (Å²) in [6, 6.07) is 7.84. The van der Waals surface area contributed by atoms with Crippen LogP contribution in [0.25, 0.3) is 0 Å². The van der Waals surface area contributed by atoms with E-state index < -0.39 is 18.0 Å². The number of fused-ring (bicyclic) bond motifs is 6. The lowest BCUT2D eigenvalue weighted by atomic mass is 9.81. The van der Waals surface area contributed by atoms with Crippen LogP contribution in [0.1, 0.15) is 90.4 Å². The van der Waals surface area contributed by atoms with Crippen LogP contribution in [0.3, 0.4) is 0 Å². The van der Waals surface area contributed by atoms with Crippen molar-refractivity contribution >= 4 is 17.5 Å². The van der Waals surface area contributed by atoms with Crippen molar-refractivity contribution in [3.05, 3.63) is 48.6 Å². The molecular weight excluding hydrogens is 789 g/mol. The first kappa shape index (κ1) is 42.1.